The van der Waals surface area contributed by atoms with Gasteiger partial charge in [0.25, 0.3) is 0 Å². The topological polar surface area (TPSA) is 26.7 Å². The summed E-state index contributed by atoms with van der Waals surface area (Å²) in [6.45, 7) is 10.6. The fourth-order valence-corrected chi connectivity index (χ4v) is 2.81. The van der Waals surface area contributed by atoms with Crippen LogP contribution < -0.4 is 4.90 Å². The maximum absolute atomic E-state index is 9.86. The van der Waals surface area contributed by atoms with Gasteiger partial charge >= 0.3 is 0 Å². The van der Waals surface area contributed by atoms with Crippen molar-refractivity contribution in [3.63, 3.8) is 0 Å². The SMILES string of the molecule is CCN1CCN(c2ccccc2[C@@H](C)O)CC1C. The first-order valence-corrected chi connectivity index (χ1v) is 6.89. The molecular formula is C15H24N2O. The molecule has 3 nitrogen and oxygen atoms in total. The average Bonchev–Trinajstić information content (AvgIpc) is 2.38. The highest BCUT2D eigenvalue weighted by atomic mass is 16.3. The molecule has 1 N–H and O–H groups in total. The van der Waals surface area contributed by atoms with Crippen LogP contribution in [0.2, 0.25) is 0 Å². The van der Waals surface area contributed by atoms with Gasteiger partial charge in [-0.3, -0.25) is 4.90 Å². The number of benzene rings is 1. The second-order valence-electron chi connectivity index (χ2n) is 5.16. The summed E-state index contributed by atoms with van der Waals surface area (Å²) in [5.41, 5.74) is 2.23. The number of rotatable bonds is 3. The van der Waals surface area contributed by atoms with Gasteiger partial charge in [0, 0.05) is 36.9 Å². The highest BCUT2D eigenvalue weighted by molar-refractivity contribution is 5.55. The number of hydrogen-bond donors (Lipinski definition) is 1. The fraction of sp³-hybridized carbons (Fsp3) is 0.600. The van der Waals surface area contributed by atoms with E-state index in [0.29, 0.717) is 6.04 Å². The molecule has 1 fully saturated rings. The number of anilines is 1. The van der Waals surface area contributed by atoms with Crippen LogP contribution in [0.15, 0.2) is 24.3 Å². The molecule has 100 valence electrons. The molecule has 1 unspecified atom stereocenters. The van der Waals surface area contributed by atoms with E-state index >= 15 is 0 Å². The van der Waals surface area contributed by atoms with Gasteiger partial charge in [-0.15, -0.1) is 0 Å². The lowest BCUT2D eigenvalue weighted by Crippen LogP contribution is -2.52. The van der Waals surface area contributed by atoms with Crippen molar-refractivity contribution in [2.24, 2.45) is 0 Å². The van der Waals surface area contributed by atoms with Crippen molar-refractivity contribution in [1.29, 1.82) is 0 Å². The number of aliphatic hydroxyl groups excluding tert-OH is 1. The van der Waals surface area contributed by atoms with Gasteiger partial charge in [0.1, 0.15) is 0 Å². The Morgan fingerprint density at radius 3 is 2.67 bits per heavy atom. The van der Waals surface area contributed by atoms with E-state index in [1.165, 1.54) is 5.69 Å². The Morgan fingerprint density at radius 2 is 2.06 bits per heavy atom. The highest BCUT2D eigenvalue weighted by Gasteiger charge is 2.24. The minimum absolute atomic E-state index is 0.402. The van der Waals surface area contributed by atoms with Gasteiger partial charge in [0.05, 0.1) is 6.10 Å². The van der Waals surface area contributed by atoms with Crippen molar-refractivity contribution in [3.8, 4) is 0 Å². The number of aliphatic hydroxyl groups is 1. The van der Waals surface area contributed by atoms with E-state index in [1.807, 2.05) is 19.1 Å². The zero-order chi connectivity index (χ0) is 13.1. The minimum atomic E-state index is -0.402. The largest absolute Gasteiger partial charge is 0.389 e. The summed E-state index contributed by atoms with van der Waals surface area (Å²) in [7, 11) is 0. The maximum Gasteiger partial charge on any atom is 0.0781 e. The van der Waals surface area contributed by atoms with Crippen molar-refractivity contribution in [2.45, 2.75) is 32.9 Å². The molecular weight excluding hydrogens is 224 g/mol. The van der Waals surface area contributed by atoms with Gasteiger partial charge in [-0.2, -0.15) is 0 Å². The lowest BCUT2D eigenvalue weighted by atomic mass is 10.1. The van der Waals surface area contributed by atoms with Crippen molar-refractivity contribution in [1.82, 2.24) is 4.90 Å². The Labute approximate surface area is 110 Å². The third-order valence-corrected chi connectivity index (χ3v) is 3.90. The summed E-state index contributed by atoms with van der Waals surface area (Å²) in [5.74, 6) is 0. The number of para-hydroxylation sites is 1. The Hall–Kier alpha value is -1.06. The van der Waals surface area contributed by atoms with E-state index in [9.17, 15) is 5.11 Å². The zero-order valence-corrected chi connectivity index (χ0v) is 11.6. The molecule has 0 radical (unpaired) electrons. The van der Waals surface area contributed by atoms with E-state index in [2.05, 4.69) is 35.8 Å². The highest BCUT2D eigenvalue weighted by Crippen LogP contribution is 2.27. The molecule has 0 aliphatic carbocycles. The molecule has 1 aliphatic heterocycles. The Morgan fingerprint density at radius 1 is 1.33 bits per heavy atom. The summed E-state index contributed by atoms with van der Waals surface area (Å²) >= 11 is 0. The molecule has 3 heteroatoms. The Kier molecular flexibility index (Phi) is 4.25. The molecule has 0 amide bonds. The van der Waals surface area contributed by atoms with Crippen LogP contribution in [-0.4, -0.2) is 42.2 Å². The Balaban J connectivity index is 2.18. The first-order valence-electron chi connectivity index (χ1n) is 6.89. The van der Waals surface area contributed by atoms with E-state index in [4.69, 9.17) is 0 Å². The molecule has 1 heterocycles. The predicted octanol–water partition coefficient (Wildman–Crippen LogP) is 2.27. The third kappa shape index (κ3) is 2.68. The summed E-state index contributed by atoms with van der Waals surface area (Å²) in [5, 5.41) is 9.86. The van der Waals surface area contributed by atoms with Crippen LogP contribution in [0, 0.1) is 0 Å². The van der Waals surface area contributed by atoms with Gasteiger partial charge in [-0.1, -0.05) is 25.1 Å². The number of hydrogen-bond acceptors (Lipinski definition) is 3. The first-order chi connectivity index (χ1) is 8.63. The molecule has 1 aromatic carbocycles. The maximum atomic E-state index is 9.86. The van der Waals surface area contributed by atoms with Crippen LogP contribution in [0.5, 0.6) is 0 Å². The monoisotopic (exact) mass is 248 g/mol. The molecule has 1 aliphatic rings. The van der Waals surface area contributed by atoms with Crippen molar-refractivity contribution in [3.05, 3.63) is 29.8 Å². The molecule has 0 spiro atoms. The summed E-state index contributed by atoms with van der Waals surface area (Å²) in [6, 6.07) is 8.77. The molecule has 2 rings (SSSR count). The quantitative estimate of drug-likeness (QED) is 0.889. The van der Waals surface area contributed by atoms with E-state index in [-0.39, 0.29) is 0 Å². The molecule has 18 heavy (non-hydrogen) atoms. The van der Waals surface area contributed by atoms with Gasteiger partial charge in [0.15, 0.2) is 0 Å². The second-order valence-corrected chi connectivity index (χ2v) is 5.16. The van der Waals surface area contributed by atoms with Crippen LogP contribution in [-0.2, 0) is 0 Å². The van der Waals surface area contributed by atoms with Crippen LogP contribution in [0.1, 0.15) is 32.4 Å². The molecule has 1 aromatic rings. The summed E-state index contributed by atoms with van der Waals surface area (Å²) in [6.07, 6.45) is -0.402. The van der Waals surface area contributed by atoms with Gasteiger partial charge in [-0.25, -0.2) is 0 Å². The third-order valence-electron chi connectivity index (χ3n) is 3.90. The van der Waals surface area contributed by atoms with Crippen molar-refractivity contribution >= 4 is 5.69 Å². The standard InChI is InChI=1S/C15H24N2O/c1-4-16-9-10-17(11-12(16)2)15-8-6-5-7-14(15)13(3)18/h5-8,12-13,18H,4,9-11H2,1-3H3/t12?,13-/m1/s1. The summed E-state index contributed by atoms with van der Waals surface area (Å²) in [4.78, 5) is 4.90. The number of nitrogens with zero attached hydrogens (tertiary/aromatic N) is 2. The van der Waals surface area contributed by atoms with Crippen molar-refractivity contribution < 1.29 is 5.11 Å². The van der Waals surface area contributed by atoms with E-state index < -0.39 is 6.10 Å². The molecule has 1 saturated heterocycles. The second kappa shape index (κ2) is 5.72. The smallest absolute Gasteiger partial charge is 0.0781 e. The van der Waals surface area contributed by atoms with Gasteiger partial charge < -0.3 is 10.0 Å². The van der Waals surface area contributed by atoms with E-state index in [0.717, 1.165) is 31.7 Å². The zero-order valence-electron chi connectivity index (χ0n) is 11.6. The Bertz CT molecular complexity index is 392. The molecule has 0 bridgehead atoms. The van der Waals surface area contributed by atoms with Crippen LogP contribution >= 0.6 is 0 Å². The molecule has 0 saturated carbocycles. The van der Waals surface area contributed by atoms with E-state index in [1.54, 1.807) is 0 Å². The van der Waals surface area contributed by atoms with Crippen LogP contribution in [0.3, 0.4) is 0 Å². The normalized spacial score (nSPS) is 23.1. The predicted molar refractivity (Wildman–Crippen MR) is 76.0 cm³/mol. The van der Waals surface area contributed by atoms with Crippen LogP contribution in [0.25, 0.3) is 0 Å². The average molecular weight is 248 g/mol. The lowest BCUT2D eigenvalue weighted by Gasteiger charge is -2.41. The minimum Gasteiger partial charge on any atom is -0.389 e. The number of likely N-dealkylation sites (N-methyl/N-ethyl adjacent to an activating group) is 1. The van der Waals surface area contributed by atoms with Crippen molar-refractivity contribution in [2.75, 3.05) is 31.1 Å². The van der Waals surface area contributed by atoms with Gasteiger partial charge in [-0.05, 0) is 26.5 Å². The van der Waals surface area contributed by atoms with Crippen LogP contribution in [0.4, 0.5) is 5.69 Å². The first kappa shape index (κ1) is 13.4. The van der Waals surface area contributed by atoms with Gasteiger partial charge in [0.2, 0.25) is 0 Å². The summed E-state index contributed by atoms with van der Waals surface area (Å²) < 4.78 is 0. The molecule has 2 atom stereocenters. The molecule has 0 aromatic heterocycles. The fourth-order valence-electron chi connectivity index (χ4n) is 2.81. The number of piperazine rings is 1. The lowest BCUT2D eigenvalue weighted by molar-refractivity contribution is 0.192.